The fourth-order valence-corrected chi connectivity index (χ4v) is 3.24. The van der Waals surface area contributed by atoms with Gasteiger partial charge in [-0.3, -0.25) is 0 Å². The third kappa shape index (κ3) is 3.53. The molecule has 1 atom stereocenters. The monoisotopic (exact) mass is 328 g/mol. The van der Waals surface area contributed by atoms with Crippen LogP contribution in [0.2, 0.25) is 0 Å². The van der Waals surface area contributed by atoms with Crippen LogP contribution in [0.5, 0.6) is 5.88 Å². The minimum absolute atomic E-state index is 0.0366. The summed E-state index contributed by atoms with van der Waals surface area (Å²) in [5.41, 5.74) is 1.97. The van der Waals surface area contributed by atoms with Crippen molar-refractivity contribution >= 4 is 6.03 Å². The van der Waals surface area contributed by atoms with E-state index in [9.17, 15) is 4.79 Å². The molecule has 2 aromatic heterocycles. The first-order chi connectivity index (χ1) is 11.7. The van der Waals surface area contributed by atoms with Gasteiger partial charge in [0.15, 0.2) is 0 Å². The van der Waals surface area contributed by atoms with Crippen LogP contribution in [0.1, 0.15) is 36.7 Å². The number of nitrogens with one attached hydrogen (secondary N) is 1. The van der Waals surface area contributed by atoms with Gasteiger partial charge in [-0.15, -0.1) is 0 Å². The number of urea groups is 1. The number of aryl methyl sites for hydroxylation is 1. The van der Waals surface area contributed by atoms with Gasteiger partial charge in [0.2, 0.25) is 5.88 Å². The number of piperidine rings is 1. The third-order valence-electron chi connectivity index (χ3n) is 4.50. The minimum Gasteiger partial charge on any atom is -0.481 e. The van der Waals surface area contributed by atoms with Gasteiger partial charge in [-0.2, -0.15) is 0 Å². The molecule has 0 aromatic carbocycles. The lowest BCUT2D eigenvalue weighted by atomic mass is 10.00. The van der Waals surface area contributed by atoms with Gasteiger partial charge in [-0.25, -0.2) is 9.78 Å². The Morgan fingerprint density at radius 1 is 1.33 bits per heavy atom. The summed E-state index contributed by atoms with van der Waals surface area (Å²) in [7, 11) is 3.61. The number of hydrogen-bond acceptors (Lipinski definition) is 3. The van der Waals surface area contributed by atoms with E-state index in [4.69, 9.17) is 4.74 Å². The number of pyridine rings is 1. The second-order valence-corrected chi connectivity index (χ2v) is 6.08. The normalized spacial score (nSPS) is 17.6. The average molecular weight is 328 g/mol. The molecule has 128 valence electrons. The molecule has 6 heteroatoms. The van der Waals surface area contributed by atoms with E-state index in [1.165, 1.54) is 5.69 Å². The number of aromatic nitrogens is 2. The van der Waals surface area contributed by atoms with Gasteiger partial charge in [-0.1, -0.05) is 6.07 Å². The van der Waals surface area contributed by atoms with Crippen molar-refractivity contribution in [3.05, 3.63) is 47.9 Å². The fraction of sp³-hybridized carbons (Fsp3) is 0.444. The van der Waals surface area contributed by atoms with Crippen molar-refractivity contribution in [3.8, 4) is 5.88 Å². The fourth-order valence-electron chi connectivity index (χ4n) is 3.24. The van der Waals surface area contributed by atoms with E-state index in [1.807, 2.05) is 36.3 Å². The number of likely N-dealkylation sites (tertiary alicyclic amines) is 1. The predicted molar refractivity (Wildman–Crippen MR) is 91.7 cm³/mol. The summed E-state index contributed by atoms with van der Waals surface area (Å²) < 4.78 is 7.22. The maximum Gasteiger partial charge on any atom is 0.318 e. The maximum absolute atomic E-state index is 12.7. The van der Waals surface area contributed by atoms with Crippen molar-refractivity contribution in [3.63, 3.8) is 0 Å². The number of methoxy groups -OCH3 is 1. The van der Waals surface area contributed by atoms with Gasteiger partial charge < -0.3 is 19.5 Å². The smallest absolute Gasteiger partial charge is 0.318 e. The first-order valence-electron chi connectivity index (χ1n) is 8.34. The van der Waals surface area contributed by atoms with E-state index in [2.05, 4.69) is 20.9 Å². The first-order valence-corrected chi connectivity index (χ1v) is 8.34. The van der Waals surface area contributed by atoms with Gasteiger partial charge in [0.1, 0.15) is 0 Å². The lowest BCUT2D eigenvalue weighted by Gasteiger charge is -2.36. The highest BCUT2D eigenvalue weighted by molar-refractivity contribution is 5.74. The Morgan fingerprint density at radius 2 is 2.21 bits per heavy atom. The summed E-state index contributed by atoms with van der Waals surface area (Å²) in [5.74, 6) is 0.557. The third-order valence-corrected chi connectivity index (χ3v) is 4.50. The van der Waals surface area contributed by atoms with Crippen LogP contribution < -0.4 is 10.1 Å². The summed E-state index contributed by atoms with van der Waals surface area (Å²) >= 11 is 0. The molecule has 0 radical (unpaired) electrons. The van der Waals surface area contributed by atoms with Gasteiger partial charge in [0, 0.05) is 31.5 Å². The number of ether oxygens (including phenoxy) is 1. The summed E-state index contributed by atoms with van der Waals surface area (Å²) in [6.07, 6.45) is 5.23. The first kappa shape index (κ1) is 16.4. The highest BCUT2D eigenvalue weighted by atomic mass is 16.5. The zero-order valence-corrected chi connectivity index (χ0v) is 14.2. The van der Waals surface area contributed by atoms with Crippen LogP contribution in [0.25, 0.3) is 0 Å². The van der Waals surface area contributed by atoms with E-state index in [0.29, 0.717) is 12.4 Å². The summed E-state index contributed by atoms with van der Waals surface area (Å²) in [6, 6.07) is 9.78. The quantitative estimate of drug-likeness (QED) is 0.939. The molecule has 24 heavy (non-hydrogen) atoms. The molecule has 0 saturated carbocycles. The largest absolute Gasteiger partial charge is 0.481 e. The lowest BCUT2D eigenvalue weighted by Crippen LogP contribution is -2.44. The van der Waals surface area contributed by atoms with Crippen LogP contribution in [-0.4, -0.2) is 34.1 Å². The molecule has 0 spiro atoms. The SMILES string of the molecule is COc1cccc(CNC(=O)N2CCCCC2c2cccn2C)n1. The molecule has 3 heterocycles. The Balaban J connectivity index is 1.67. The lowest BCUT2D eigenvalue weighted by molar-refractivity contribution is 0.148. The van der Waals surface area contributed by atoms with Crippen LogP contribution in [-0.2, 0) is 13.6 Å². The van der Waals surface area contributed by atoms with Crippen molar-refractivity contribution in [2.75, 3.05) is 13.7 Å². The van der Waals surface area contributed by atoms with Crippen LogP contribution in [0.3, 0.4) is 0 Å². The number of rotatable bonds is 4. The number of carbonyl (C=O) groups is 1. The second-order valence-electron chi connectivity index (χ2n) is 6.08. The molecular weight excluding hydrogens is 304 g/mol. The molecule has 3 rings (SSSR count). The molecule has 1 saturated heterocycles. The number of carbonyl (C=O) groups excluding carboxylic acids is 1. The number of nitrogens with zero attached hydrogens (tertiary/aromatic N) is 3. The van der Waals surface area contributed by atoms with Gasteiger partial charge >= 0.3 is 6.03 Å². The molecule has 1 unspecified atom stereocenters. The molecule has 1 fully saturated rings. The molecule has 1 N–H and O–H groups in total. The van der Waals surface area contributed by atoms with Crippen molar-refractivity contribution in [1.29, 1.82) is 0 Å². The molecule has 6 nitrogen and oxygen atoms in total. The molecule has 0 bridgehead atoms. The zero-order valence-electron chi connectivity index (χ0n) is 14.2. The Kier molecular flexibility index (Phi) is 5.03. The molecule has 2 aromatic rings. The highest BCUT2D eigenvalue weighted by Gasteiger charge is 2.29. The van der Waals surface area contributed by atoms with E-state index in [0.717, 1.165) is 31.5 Å². The Hall–Kier alpha value is -2.50. The Bertz CT molecular complexity index is 698. The molecular formula is C18H24N4O2. The molecule has 2 amide bonds. The van der Waals surface area contributed by atoms with Crippen molar-refractivity contribution in [2.45, 2.75) is 31.8 Å². The second kappa shape index (κ2) is 7.38. The Morgan fingerprint density at radius 3 is 2.96 bits per heavy atom. The number of amides is 2. The van der Waals surface area contributed by atoms with Crippen molar-refractivity contribution in [2.24, 2.45) is 7.05 Å². The van der Waals surface area contributed by atoms with Crippen molar-refractivity contribution in [1.82, 2.24) is 19.8 Å². The topological polar surface area (TPSA) is 59.4 Å². The van der Waals surface area contributed by atoms with Gasteiger partial charge in [0.05, 0.1) is 25.4 Å². The predicted octanol–water partition coefficient (Wildman–Crippen LogP) is 2.87. The summed E-state index contributed by atoms with van der Waals surface area (Å²) in [6.45, 7) is 1.18. The van der Waals surface area contributed by atoms with E-state index < -0.39 is 0 Å². The minimum atomic E-state index is -0.0366. The molecule has 0 aliphatic carbocycles. The molecule has 1 aliphatic rings. The zero-order chi connectivity index (χ0) is 16.9. The van der Waals surface area contributed by atoms with Crippen LogP contribution in [0, 0.1) is 0 Å². The van der Waals surface area contributed by atoms with Gasteiger partial charge in [0.25, 0.3) is 0 Å². The average Bonchev–Trinajstić information content (AvgIpc) is 3.05. The van der Waals surface area contributed by atoms with Crippen LogP contribution in [0.4, 0.5) is 4.79 Å². The summed E-state index contributed by atoms with van der Waals surface area (Å²) in [5, 5.41) is 2.99. The van der Waals surface area contributed by atoms with E-state index >= 15 is 0 Å². The van der Waals surface area contributed by atoms with Crippen LogP contribution >= 0.6 is 0 Å². The Labute approximate surface area is 142 Å². The summed E-state index contributed by atoms with van der Waals surface area (Å²) in [4.78, 5) is 19.0. The molecule has 1 aliphatic heterocycles. The maximum atomic E-state index is 12.7. The van der Waals surface area contributed by atoms with Crippen LogP contribution in [0.15, 0.2) is 36.5 Å². The number of hydrogen-bond donors (Lipinski definition) is 1. The standard InChI is InChI=1S/C18H24N4O2/c1-21-11-6-9-15(21)16-8-3-4-12-22(16)18(23)19-13-14-7-5-10-17(20-14)24-2/h5-7,9-11,16H,3-4,8,12-13H2,1-2H3,(H,19,23). The van der Waals surface area contributed by atoms with E-state index in [1.54, 1.807) is 13.2 Å². The highest BCUT2D eigenvalue weighted by Crippen LogP contribution is 2.30. The van der Waals surface area contributed by atoms with Crippen molar-refractivity contribution < 1.29 is 9.53 Å². The van der Waals surface area contributed by atoms with E-state index in [-0.39, 0.29) is 12.1 Å². The van der Waals surface area contributed by atoms with Gasteiger partial charge in [-0.05, 0) is 37.5 Å².